The van der Waals surface area contributed by atoms with Crippen molar-refractivity contribution in [2.45, 2.75) is 55.3 Å². The van der Waals surface area contributed by atoms with Gasteiger partial charge in [0.15, 0.2) is 11.1 Å². The maximum absolute atomic E-state index is 13.7. The second-order valence-corrected chi connectivity index (χ2v) is 8.26. The van der Waals surface area contributed by atoms with E-state index < -0.39 is 17.1 Å². The summed E-state index contributed by atoms with van der Waals surface area (Å²) in [5, 5.41) is 0. The summed E-state index contributed by atoms with van der Waals surface area (Å²) in [5.74, 6) is -0.993. The highest BCUT2D eigenvalue weighted by Gasteiger charge is 2.83. The van der Waals surface area contributed by atoms with Gasteiger partial charge in [0.1, 0.15) is 6.04 Å². The van der Waals surface area contributed by atoms with Crippen molar-refractivity contribution in [2.75, 3.05) is 19.0 Å². The zero-order chi connectivity index (χ0) is 19.1. The minimum Gasteiger partial charge on any atom is -0.347 e. The van der Waals surface area contributed by atoms with E-state index in [0.29, 0.717) is 5.56 Å². The molecule has 1 aromatic rings. The first-order valence-corrected chi connectivity index (χ1v) is 9.65. The number of anilines is 1. The Morgan fingerprint density at radius 1 is 1.00 bits per heavy atom. The third-order valence-electron chi connectivity index (χ3n) is 7.24. The third kappa shape index (κ3) is 1.57. The average molecular weight is 368 g/mol. The van der Waals surface area contributed by atoms with Crippen molar-refractivity contribution in [1.29, 1.82) is 0 Å². The van der Waals surface area contributed by atoms with Gasteiger partial charge in [-0.15, -0.1) is 0 Å². The lowest BCUT2D eigenvalue weighted by atomic mass is 9.71. The number of carbonyl (C=O) groups excluding carboxylic acids is 3. The van der Waals surface area contributed by atoms with Crippen molar-refractivity contribution in [3.8, 4) is 0 Å². The Labute approximate surface area is 158 Å². The first-order valence-electron chi connectivity index (χ1n) is 9.65. The minimum atomic E-state index is -1.57. The summed E-state index contributed by atoms with van der Waals surface area (Å²) in [6.07, 6.45) is 4.89. The van der Waals surface area contributed by atoms with Crippen LogP contribution in [0, 0.1) is 0 Å². The Morgan fingerprint density at radius 2 is 1.67 bits per heavy atom. The van der Waals surface area contributed by atoms with Gasteiger partial charge in [0.05, 0.1) is 0 Å². The van der Waals surface area contributed by atoms with Gasteiger partial charge in [0.25, 0.3) is 11.8 Å². The van der Waals surface area contributed by atoms with Gasteiger partial charge in [-0.1, -0.05) is 37.5 Å². The fraction of sp³-hybridized carbons (Fsp3) is 0.550. The Kier molecular flexibility index (Phi) is 3.16. The Morgan fingerprint density at radius 3 is 2.37 bits per heavy atom. The number of hydrogen-bond donors (Lipinski definition) is 1. The molecule has 0 aromatic heterocycles. The molecule has 142 valence electrons. The van der Waals surface area contributed by atoms with E-state index >= 15 is 0 Å². The number of hydrogen-bond acceptors (Lipinski definition) is 5. The predicted molar refractivity (Wildman–Crippen MR) is 98.7 cm³/mol. The largest absolute Gasteiger partial charge is 0.347 e. The molecule has 3 atom stereocenters. The molecule has 2 N–H and O–H groups in total. The molecule has 1 aromatic carbocycles. The van der Waals surface area contributed by atoms with Crippen LogP contribution < -0.4 is 10.6 Å². The standard InChI is InChI=1S/C20H24N4O3/c1-22-16(25)15-19(17(22)26)13-10-6-7-11-14(13)23(2)20(19,21)18(27)24(15)12-8-4-3-5-9-12/h6-7,10-12,15H,3-5,8-9,21H2,1-2H3/t15-,19+,20+/m0/s1. The van der Waals surface area contributed by atoms with E-state index in [1.54, 1.807) is 16.8 Å². The number of nitrogens with two attached hydrogens (primary N) is 1. The highest BCUT2D eigenvalue weighted by atomic mass is 16.2. The summed E-state index contributed by atoms with van der Waals surface area (Å²) >= 11 is 0. The Hall–Kier alpha value is -2.41. The summed E-state index contributed by atoms with van der Waals surface area (Å²) < 4.78 is 0. The molecular weight excluding hydrogens is 344 g/mol. The Balaban J connectivity index is 1.79. The zero-order valence-corrected chi connectivity index (χ0v) is 15.6. The quantitative estimate of drug-likeness (QED) is 0.733. The molecule has 7 heteroatoms. The minimum absolute atomic E-state index is 0.0389. The van der Waals surface area contributed by atoms with E-state index in [1.807, 2.05) is 24.3 Å². The molecule has 3 aliphatic heterocycles. The van der Waals surface area contributed by atoms with Gasteiger partial charge in [-0.05, 0) is 24.5 Å². The molecule has 4 aliphatic rings. The van der Waals surface area contributed by atoms with Crippen molar-refractivity contribution in [3.05, 3.63) is 29.8 Å². The SMILES string of the molecule is CN1C(=O)[C@@H]2N(C3CCCCC3)C(=O)[C@@]3(N)N(C)c4ccccc4[C@]23C1=O. The van der Waals surface area contributed by atoms with E-state index in [2.05, 4.69) is 0 Å². The van der Waals surface area contributed by atoms with Crippen LogP contribution in [-0.2, 0) is 19.8 Å². The second kappa shape index (κ2) is 5.10. The van der Waals surface area contributed by atoms with Crippen LogP contribution in [0.1, 0.15) is 37.7 Å². The molecule has 0 radical (unpaired) electrons. The molecule has 3 heterocycles. The highest BCUT2D eigenvalue weighted by Crippen LogP contribution is 2.60. The van der Waals surface area contributed by atoms with Gasteiger partial charge in [-0.2, -0.15) is 0 Å². The maximum atomic E-state index is 13.7. The lowest BCUT2D eigenvalue weighted by Crippen LogP contribution is -2.69. The molecular formula is C20H24N4O3. The van der Waals surface area contributed by atoms with Gasteiger partial charge >= 0.3 is 0 Å². The number of nitrogens with zero attached hydrogens (tertiary/aromatic N) is 3. The first-order chi connectivity index (χ1) is 12.9. The van der Waals surface area contributed by atoms with Crippen molar-refractivity contribution >= 4 is 23.4 Å². The topological polar surface area (TPSA) is 86.9 Å². The molecule has 0 bridgehead atoms. The molecule has 1 saturated carbocycles. The highest BCUT2D eigenvalue weighted by molar-refractivity contribution is 6.22. The fourth-order valence-electron chi connectivity index (χ4n) is 5.93. The molecule has 1 spiro atoms. The summed E-state index contributed by atoms with van der Waals surface area (Å²) in [7, 11) is 3.26. The number of imide groups is 1. The number of likely N-dealkylation sites (tertiary alicyclic amines) is 2. The predicted octanol–water partition coefficient (Wildman–Crippen LogP) is 0.571. The molecule has 5 rings (SSSR count). The molecule has 2 saturated heterocycles. The van der Waals surface area contributed by atoms with Crippen LogP contribution in [0.25, 0.3) is 0 Å². The first kappa shape index (κ1) is 16.7. The maximum Gasteiger partial charge on any atom is 0.265 e. The average Bonchev–Trinajstić information content (AvgIpc) is 3.12. The summed E-state index contributed by atoms with van der Waals surface area (Å²) in [5.41, 5.74) is 5.31. The van der Waals surface area contributed by atoms with E-state index in [9.17, 15) is 14.4 Å². The van der Waals surface area contributed by atoms with Crippen LogP contribution in [0.15, 0.2) is 24.3 Å². The van der Waals surface area contributed by atoms with Crippen LogP contribution in [0.4, 0.5) is 5.69 Å². The molecule has 3 amide bonds. The van der Waals surface area contributed by atoms with Gasteiger partial charge in [-0.25, -0.2) is 0 Å². The van der Waals surface area contributed by atoms with Crippen molar-refractivity contribution in [1.82, 2.24) is 9.80 Å². The van der Waals surface area contributed by atoms with Gasteiger partial charge in [0.2, 0.25) is 5.91 Å². The summed E-state index contributed by atoms with van der Waals surface area (Å²) in [6, 6.07) is 6.51. The molecule has 3 fully saturated rings. The number of amides is 3. The molecule has 0 unspecified atom stereocenters. The van der Waals surface area contributed by atoms with Crippen molar-refractivity contribution in [3.63, 3.8) is 0 Å². The van der Waals surface area contributed by atoms with Crippen LogP contribution in [-0.4, -0.2) is 59.4 Å². The molecule has 7 nitrogen and oxygen atoms in total. The number of carbonyl (C=O) groups is 3. The third-order valence-corrected chi connectivity index (χ3v) is 7.24. The van der Waals surface area contributed by atoms with E-state index in [1.165, 1.54) is 11.9 Å². The van der Waals surface area contributed by atoms with Crippen molar-refractivity contribution in [2.24, 2.45) is 5.73 Å². The monoisotopic (exact) mass is 368 g/mol. The normalized spacial score (nSPS) is 35.7. The molecule has 27 heavy (non-hydrogen) atoms. The number of para-hydroxylation sites is 1. The van der Waals surface area contributed by atoms with Gasteiger partial charge < -0.3 is 9.80 Å². The lowest BCUT2D eigenvalue weighted by molar-refractivity contribution is -0.147. The number of likely N-dealkylation sites (N-methyl/N-ethyl adjacent to an activating group) is 2. The van der Waals surface area contributed by atoms with E-state index in [0.717, 1.165) is 37.8 Å². The van der Waals surface area contributed by atoms with E-state index in [4.69, 9.17) is 5.73 Å². The van der Waals surface area contributed by atoms with Crippen LogP contribution >= 0.6 is 0 Å². The molecule has 1 aliphatic carbocycles. The fourth-order valence-corrected chi connectivity index (χ4v) is 5.93. The second-order valence-electron chi connectivity index (χ2n) is 8.26. The number of rotatable bonds is 1. The zero-order valence-electron chi connectivity index (χ0n) is 15.6. The smallest absolute Gasteiger partial charge is 0.265 e. The Bertz CT molecular complexity index is 880. The van der Waals surface area contributed by atoms with Crippen molar-refractivity contribution < 1.29 is 14.4 Å². The summed E-state index contributed by atoms with van der Waals surface area (Å²) in [6.45, 7) is 0. The number of fused-ring (bicyclic) bond motifs is 1. The van der Waals surface area contributed by atoms with Gasteiger partial charge in [0, 0.05) is 25.8 Å². The van der Waals surface area contributed by atoms with Crippen LogP contribution in [0.2, 0.25) is 0 Å². The summed E-state index contributed by atoms with van der Waals surface area (Å²) in [4.78, 5) is 45.0. The van der Waals surface area contributed by atoms with Crippen LogP contribution in [0.3, 0.4) is 0 Å². The van der Waals surface area contributed by atoms with Gasteiger partial charge in [-0.3, -0.25) is 25.0 Å². The van der Waals surface area contributed by atoms with E-state index in [-0.39, 0.29) is 23.8 Å². The van der Waals surface area contributed by atoms with Crippen LogP contribution in [0.5, 0.6) is 0 Å². The lowest BCUT2D eigenvalue weighted by Gasteiger charge is -2.37. The number of benzene rings is 1.